The van der Waals surface area contributed by atoms with E-state index < -0.39 is 0 Å². The van der Waals surface area contributed by atoms with Crippen LogP contribution in [0.1, 0.15) is 15.9 Å². The van der Waals surface area contributed by atoms with Gasteiger partial charge in [0.1, 0.15) is 11.5 Å². The molecule has 0 unspecified atom stereocenters. The highest BCUT2D eigenvalue weighted by Gasteiger charge is 2.09. The van der Waals surface area contributed by atoms with E-state index in [9.17, 15) is 9.90 Å². The zero-order valence-corrected chi connectivity index (χ0v) is 10.6. The maximum Gasteiger partial charge on any atom is 0.255 e. The van der Waals surface area contributed by atoms with Crippen LogP contribution in [0, 0.1) is 0 Å². The Bertz CT molecular complexity index is 564. The van der Waals surface area contributed by atoms with Crippen molar-refractivity contribution in [1.29, 1.82) is 0 Å². The number of ether oxygens (including phenoxy) is 1. The molecule has 0 aliphatic heterocycles. The molecule has 4 nitrogen and oxygen atoms in total. The third-order valence-electron chi connectivity index (χ3n) is 2.76. The van der Waals surface area contributed by atoms with Crippen molar-refractivity contribution in [2.24, 2.45) is 0 Å². The predicted molar refractivity (Wildman–Crippen MR) is 72.3 cm³/mol. The Kier molecular flexibility index (Phi) is 4.03. The Labute approximate surface area is 111 Å². The Balaban J connectivity index is 1.98. The molecule has 2 N–H and O–H groups in total. The highest BCUT2D eigenvalue weighted by atomic mass is 16.5. The molecular formula is C15H15NO3. The van der Waals surface area contributed by atoms with Crippen molar-refractivity contribution >= 4 is 5.91 Å². The topological polar surface area (TPSA) is 58.6 Å². The molecule has 0 aliphatic rings. The van der Waals surface area contributed by atoms with E-state index in [0.29, 0.717) is 6.54 Å². The molecule has 1 amide bonds. The largest absolute Gasteiger partial charge is 0.507 e. The number of hydrogen-bond donors (Lipinski definition) is 2. The number of amides is 1. The zero-order chi connectivity index (χ0) is 13.7. The number of carbonyl (C=O) groups excluding carboxylic acids is 1. The first-order valence-corrected chi connectivity index (χ1v) is 5.90. The van der Waals surface area contributed by atoms with E-state index in [1.54, 1.807) is 25.3 Å². The fourth-order valence-corrected chi connectivity index (χ4v) is 1.69. The second-order valence-corrected chi connectivity index (χ2v) is 4.05. The fraction of sp³-hybridized carbons (Fsp3) is 0.133. The van der Waals surface area contributed by atoms with Gasteiger partial charge in [-0.15, -0.1) is 0 Å². The van der Waals surface area contributed by atoms with Crippen molar-refractivity contribution in [1.82, 2.24) is 5.32 Å². The number of methoxy groups -OCH3 is 1. The summed E-state index contributed by atoms with van der Waals surface area (Å²) >= 11 is 0. The number of benzene rings is 2. The van der Waals surface area contributed by atoms with Gasteiger partial charge in [-0.25, -0.2) is 0 Å². The summed E-state index contributed by atoms with van der Waals surface area (Å²) in [6.45, 7) is 0.400. The Morgan fingerprint density at radius 3 is 2.47 bits per heavy atom. The highest BCUT2D eigenvalue weighted by molar-refractivity contribution is 5.96. The second-order valence-electron chi connectivity index (χ2n) is 4.05. The molecule has 0 fully saturated rings. The van der Waals surface area contributed by atoms with Crippen molar-refractivity contribution in [3.05, 3.63) is 59.7 Å². The predicted octanol–water partition coefficient (Wildman–Crippen LogP) is 2.33. The average Bonchev–Trinajstić information content (AvgIpc) is 2.46. The third-order valence-corrected chi connectivity index (χ3v) is 2.76. The Hall–Kier alpha value is -2.49. The smallest absolute Gasteiger partial charge is 0.255 e. The van der Waals surface area contributed by atoms with Gasteiger partial charge in [0.25, 0.3) is 5.91 Å². The van der Waals surface area contributed by atoms with E-state index in [-0.39, 0.29) is 17.2 Å². The molecule has 0 bridgehead atoms. The number of nitrogens with one attached hydrogen (secondary N) is 1. The number of phenols is 1. The van der Waals surface area contributed by atoms with E-state index in [4.69, 9.17) is 4.74 Å². The van der Waals surface area contributed by atoms with Crippen LogP contribution in [0.5, 0.6) is 11.5 Å². The van der Waals surface area contributed by atoms with Crippen LogP contribution in [-0.2, 0) is 6.54 Å². The molecule has 2 aromatic carbocycles. The average molecular weight is 257 g/mol. The summed E-state index contributed by atoms with van der Waals surface area (Å²) in [5.41, 5.74) is 1.24. The molecular weight excluding hydrogens is 242 g/mol. The van der Waals surface area contributed by atoms with Gasteiger partial charge in [-0.3, -0.25) is 4.79 Å². The van der Waals surface area contributed by atoms with Crippen LogP contribution in [0.4, 0.5) is 0 Å². The molecule has 4 heteroatoms. The number of aromatic hydroxyl groups is 1. The molecule has 0 aromatic heterocycles. The van der Waals surface area contributed by atoms with Gasteiger partial charge in [0.05, 0.1) is 12.7 Å². The van der Waals surface area contributed by atoms with Crippen LogP contribution in [-0.4, -0.2) is 18.1 Å². The van der Waals surface area contributed by atoms with Gasteiger partial charge < -0.3 is 15.2 Å². The first-order valence-electron chi connectivity index (χ1n) is 5.90. The third kappa shape index (κ3) is 3.25. The van der Waals surface area contributed by atoms with Gasteiger partial charge in [0.2, 0.25) is 0 Å². The van der Waals surface area contributed by atoms with Crippen molar-refractivity contribution in [3.8, 4) is 11.5 Å². The van der Waals surface area contributed by atoms with Crippen LogP contribution >= 0.6 is 0 Å². The quantitative estimate of drug-likeness (QED) is 0.883. The van der Waals surface area contributed by atoms with Gasteiger partial charge in [-0.05, 0) is 29.8 Å². The van der Waals surface area contributed by atoms with E-state index in [1.807, 2.05) is 24.3 Å². The van der Waals surface area contributed by atoms with Gasteiger partial charge in [-0.1, -0.05) is 24.3 Å². The van der Waals surface area contributed by atoms with Crippen molar-refractivity contribution < 1.29 is 14.6 Å². The summed E-state index contributed by atoms with van der Waals surface area (Å²) in [5.74, 6) is 0.458. The lowest BCUT2D eigenvalue weighted by molar-refractivity contribution is 0.0948. The van der Waals surface area contributed by atoms with Gasteiger partial charge in [0.15, 0.2) is 0 Å². The highest BCUT2D eigenvalue weighted by Crippen LogP contribution is 2.15. The Morgan fingerprint density at radius 2 is 1.84 bits per heavy atom. The summed E-state index contributed by atoms with van der Waals surface area (Å²) in [6.07, 6.45) is 0. The number of carbonyl (C=O) groups is 1. The summed E-state index contributed by atoms with van der Waals surface area (Å²) in [4.78, 5) is 11.9. The molecule has 0 atom stereocenters. The molecule has 0 spiro atoms. The molecule has 2 rings (SSSR count). The molecule has 98 valence electrons. The first-order chi connectivity index (χ1) is 9.20. The molecule has 0 heterocycles. The van der Waals surface area contributed by atoms with Crippen molar-refractivity contribution in [3.63, 3.8) is 0 Å². The number of rotatable bonds is 4. The maximum absolute atomic E-state index is 11.9. The molecule has 0 radical (unpaired) electrons. The van der Waals surface area contributed by atoms with Gasteiger partial charge in [0, 0.05) is 6.54 Å². The molecule has 0 saturated heterocycles. The lowest BCUT2D eigenvalue weighted by Gasteiger charge is -2.07. The van der Waals surface area contributed by atoms with Crippen LogP contribution in [0.25, 0.3) is 0 Å². The normalized spacial score (nSPS) is 9.95. The van der Waals surface area contributed by atoms with Crippen molar-refractivity contribution in [2.75, 3.05) is 7.11 Å². The summed E-state index contributed by atoms with van der Waals surface area (Å²) in [6, 6.07) is 13.9. The Morgan fingerprint density at radius 1 is 1.16 bits per heavy atom. The molecule has 0 saturated carbocycles. The minimum absolute atomic E-state index is 0.0188. The van der Waals surface area contributed by atoms with Gasteiger partial charge >= 0.3 is 0 Å². The van der Waals surface area contributed by atoms with E-state index >= 15 is 0 Å². The van der Waals surface area contributed by atoms with E-state index in [2.05, 4.69) is 5.32 Å². The molecule has 0 aliphatic carbocycles. The maximum atomic E-state index is 11.9. The lowest BCUT2D eigenvalue weighted by Crippen LogP contribution is -2.22. The van der Waals surface area contributed by atoms with Crippen LogP contribution in [0.15, 0.2) is 48.5 Å². The van der Waals surface area contributed by atoms with Gasteiger partial charge in [-0.2, -0.15) is 0 Å². The SMILES string of the molecule is COc1ccc(CNC(=O)c2ccccc2O)cc1. The van der Waals surface area contributed by atoms with Crippen LogP contribution in [0.3, 0.4) is 0 Å². The monoisotopic (exact) mass is 257 g/mol. The molecule has 19 heavy (non-hydrogen) atoms. The zero-order valence-electron chi connectivity index (χ0n) is 10.6. The van der Waals surface area contributed by atoms with E-state index in [0.717, 1.165) is 11.3 Å². The van der Waals surface area contributed by atoms with Crippen molar-refractivity contribution in [2.45, 2.75) is 6.54 Å². The second kappa shape index (κ2) is 5.91. The summed E-state index contributed by atoms with van der Waals surface area (Å²) in [7, 11) is 1.61. The number of para-hydroxylation sites is 1. The minimum atomic E-state index is -0.297. The first kappa shape index (κ1) is 13.0. The summed E-state index contributed by atoms with van der Waals surface area (Å²) < 4.78 is 5.06. The van der Waals surface area contributed by atoms with Crippen LogP contribution in [0.2, 0.25) is 0 Å². The standard InChI is InChI=1S/C15H15NO3/c1-19-12-8-6-11(7-9-12)10-16-15(18)13-4-2-3-5-14(13)17/h2-9,17H,10H2,1H3,(H,16,18). The lowest BCUT2D eigenvalue weighted by atomic mass is 10.1. The summed E-state index contributed by atoms with van der Waals surface area (Å²) in [5, 5.41) is 12.3. The fourth-order valence-electron chi connectivity index (χ4n) is 1.69. The number of phenolic OH excluding ortho intramolecular Hbond substituents is 1. The van der Waals surface area contributed by atoms with Crippen LogP contribution < -0.4 is 10.1 Å². The van der Waals surface area contributed by atoms with E-state index in [1.165, 1.54) is 6.07 Å². The molecule has 2 aromatic rings. The minimum Gasteiger partial charge on any atom is -0.507 e. The number of hydrogen-bond acceptors (Lipinski definition) is 3.